The highest BCUT2D eigenvalue weighted by Gasteiger charge is 2.51. The van der Waals surface area contributed by atoms with E-state index in [2.05, 4.69) is 127 Å². The maximum atomic E-state index is 10.1. The molecular formula is C48H29N3O. The second-order valence-electron chi connectivity index (χ2n) is 13.2. The molecular weight excluding hydrogens is 635 g/mol. The van der Waals surface area contributed by atoms with Gasteiger partial charge in [-0.1, -0.05) is 133 Å². The summed E-state index contributed by atoms with van der Waals surface area (Å²) < 4.78 is 6.68. The van der Waals surface area contributed by atoms with Crippen LogP contribution in [0, 0.1) is 11.3 Å². The average molecular weight is 664 g/mol. The topological polar surface area (TPSA) is 58.8 Å². The minimum absolute atomic E-state index is 0.592. The Morgan fingerprint density at radius 1 is 0.423 bits per heavy atom. The number of hydrogen-bond acceptors (Lipinski definition) is 4. The lowest BCUT2D eigenvalue weighted by Gasteiger charge is -2.39. The number of aromatic nitrogens is 2. The van der Waals surface area contributed by atoms with Crippen LogP contribution in [0.5, 0.6) is 11.5 Å². The monoisotopic (exact) mass is 663 g/mol. The lowest BCUT2D eigenvalue weighted by molar-refractivity contribution is 0.436. The highest BCUT2D eigenvalue weighted by molar-refractivity contribution is 5.89. The van der Waals surface area contributed by atoms with Crippen molar-refractivity contribution in [2.24, 2.45) is 0 Å². The fraction of sp³-hybridized carbons (Fsp3) is 0.0208. The Hall–Kier alpha value is -7.09. The summed E-state index contributed by atoms with van der Waals surface area (Å²) in [6, 6.07) is 62.9. The minimum atomic E-state index is -0.704. The molecule has 0 amide bonds. The van der Waals surface area contributed by atoms with Crippen LogP contribution < -0.4 is 4.74 Å². The molecule has 10 rings (SSSR count). The van der Waals surface area contributed by atoms with Gasteiger partial charge < -0.3 is 4.74 Å². The standard InChI is InChI=1S/C48H29N3O/c49-30-31-19-25-45-41(27-31)48(39-17-9-7-15-37(39)38-16-8-10-18-40(38)48)42-28-36(24-26-46(42)52-45)44-29-43(50-47(51-44)35-13-5-2-6-14-35)34-22-20-33(21-23-34)32-11-3-1-4-12-32/h1-29H. The molecule has 1 aliphatic carbocycles. The van der Waals surface area contributed by atoms with Gasteiger partial charge in [-0.3, -0.25) is 0 Å². The van der Waals surface area contributed by atoms with Crippen LogP contribution in [0.15, 0.2) is 176 Å². The van der Waals surface area contributed by atoms with Crippen LogP contribution in [0.4, 0.5) is 0 Å². The van der Waals surface area contributed by atoms with Crippen molar-refractivity contribution in [1.29, 1.82) is 5.26 Å². The highest BCUT2D eigenvalue weighted by Crippen LogP contribution is 2.62. The third kappa shape index (κ3) is 4.54. The SMILES string of the molecule is N#Cc1ccc2c(c1)C1(c3cc(-c4cc(-c5ccc(-c6ccccc6)cc5)nc(-c5ccccc5)n4)ccc3O2)c2ccccc2-c2ccccc21. The smallest absolute Gasteiger partial charge is 0.160 e. The van der Waals surface area contributed by atoms with E-state index in [1.807, 2.05) is 54.6 Å². The number of hydrogen-bond donors (Lipinski definition) is 0. The Bertz CT molecular complexity index is 2670. The lowest BCUT2D eigenvalue weighted by atomic mass is 9.65. The Labute approximate surface area is 301 Å². The van der Waals surface area contributed by atoms with E-state index < -0.39 is 5.41 Å². The first-order chi connectivity index (χ1) is 25.7. The number of ether oxygens (including phenoxy) is 1. The molecule has 2 heterocycles. The fourth-order valence-corrected chi connectivity index (χ4v) is 8.06. The summed E-state index contributed by atoms with van der Waals surface area (Å²) in [4.78, 5) is 10.3. The Balaban J connectivity index is 1.20. The maximum absolute atomic E-state index is 10.1. The molecule has 0 bridgehead atoms. The largest absolute Gasteiger partial charge is 0.457 e. The van der Waals surface area contributed by atoms with E-state index in [-0.39, 0.29) is 0 Å². The van der Waals surface area contributed by atoms with Gasteiger partial charge >= 0.3 is 0 Å². The molecule has 0 saturated carbocycles. The third-order valence-electron chi connectivity index (χ3n) is 10.4. The molecule has 0 saturated heterocycles. The molecule has 0 unspecified atom stereocenters. The number of nitrogens with zero attached hydrogens (tertiary/aromatic N) is 3. The van der Waals surface area contributed by atoms with Crippen molar-refractivity contribution >= 4 is 0 Å². The normalized spacial score (nSPS) is 12.9. The molecule has 4 nitrogen and oxygen atoms in total. The molecule has 0 N–H and O–H groups in total. The van der Waals surface area contributed by atoms with Gasteiger partial charge in [-0.15, -0.1) is 0 Å². The van der Waals surface area contributed by atoms with Crippen molar-refractivity contribution < 1.29 is 4.74 Å². The van der Waals surface area contributed by atoms with Crippen molar-refractivity contribution in [1.82, 2.24) is 9.97 Å². The van der Waals surface area contributed by atoms with E-state index in [4.69, 9.17) is 14.7 Å². The van der Waals surface area contributed by atoms with E-state index in [0.29, 0.717) is 11.4 Å². The van der Waals surface area contributed by atoms with Crippen molar-refractivity contribution in [3.63, 3.8) is 0 Å². The predicted octanol–water partition coefficient (Wildman–Crippen LogP) is 11.5. The zero-order valence-corrected chi connectivity index (χ0v) is 28.0. The highest BCUT2D eigenvalue weighted by atomic mass is 16.5. The average Bonchev–Trinajstić information content (AvgIpc) is 3.52. The molecule has 4 heteroatoms. The van der Waals surface area contributed by atoms with Crippen LogP contribution in [-0.4, -0.2) is 9.97 Å². The zero-order chi connectivity index (χ0) is 34.6. The summed E-state index contributed by atoms with van der Waals surface area (Å²) in [6.07, 6.45) is 0. The summed E-state index contributed by atoms with van der Waals surface area (Å²) in [5.41, 5.74) is 13.4. The second kappa shape index (κ2) is 11.8. The van der Waals surface area contributed by atoms with Crippen molar-refractivity contribution in [3.05, 3.63) is 204 Å². The van der Waals surface area contributed by atoms with Crippen molar-refractivity contribution in [2.45, 2.75) is 5.41 Å². The first-order valence-electron chi connectivity index (χ1n) is 17.4. The molecule has 8 aromatic rings. The van der Waals surface area contributed by atoms with Gasteiger partial charge in [0.05, 0.1) is 28.4 Å². The van der Waals surface area contributed by atoms with Crippen LogP contribution in [0.2, 0.25) is 0 Å². The number of nitriles is 1. The molecule has 0 fully saturated rings. The van der Waals surface area contributed by atoms with Gasteiger partial charge in [0.25, 0.3) is 0 Å². The van der Waals surface area contributed by atoms with Gasteiger partial charge in [-0.25, -0.2) is 9.97 Å². The fourth-order valence-electron chi connectivity index (χ4n) is 8.06. The summed E-state index contributed by atoms with van der Waals surface area (Å²) in [5, 5.41) is 10.1. The molecule has 1 aromatic heterocycles. The third-order valence-corrected chi connectivity index (χ3v) is 10.4. The molecule has 1 aliphatic heterocycles. The van der Waals surface area contributed by atoms with E-state index in [9.17, 15) is 5.26 Å². The molecule has 1 spiro atoms. The number of benzene rings is 7. The molecule has 242 valence electrons. The van der Waals surface area contributed by atoms with E-state index in [1.54, 1.807) is 0 Å². The van der Waals surface area contributed by atoms with Crippen LogP contribution in [0.25, 0.3) is 56.2 Å². The second-order valence-corrected chi connectivity index (χ2v) is 13.2. The molecule has 7 aromatic carbocycles. The first-order valence-corrected chi connectivity index (χ1v) is 17.4. The van der Waals surface area contributed by atoms with Gasteiger partial charge in [-0.2, -0.15) is 5.26 Å². The zero-order valence-electron chi connectivity index (χ0n) is 28.0. The van der Waals surface area contributed by atoms with Crippen LogP contribution in [0.3, 0.4) is 0 Å². The van der Waals surface area contributed by atoms with Crippen LogP contribution in [0.1, 0.15) is 27.8 Å². The van der Waals surface area contributed by atoms with E-state index in [0.717, 1.165) is 56.3 Å². The van der Waals surface area contributed by atoms with Gasteiger partial charge in [0.1, 0.15) is 11.5 Å². The van der Waals surface area contributed by atoms with Crippen LogP contribution >= 0.6 is 0 Å². The van der Waals surface area contributed by atoms with Gasteiger partial charge in [0.2, 0.25) is 0 Å². The number of rotatable bonds is 4. The summed E-state index contributed by atoms with van der Waals surface area (Å²) in [5.74, 6) is 2.19. The summed E-state index contributed by atoms with van der Waals surface area (Å²) in [6.45, 7) is 0. The lowest BCUT2D eigenvalue weighted by Crippen LogP contribution is -2.32. The molecule has 0 radical (unpaired) electrons. The van der Waals surface area contributed by atoms with Crippen molar-refractivity contribution in [3.8, 4) is 73.7 Å². The molecule has 52 heavy (non-hydrogen) atoms. The maximum Gasteiger partial charge on any atom is 0.160 e. The Morgan fingerprint density at radius 2 is 0.923 bits per heavy atom. The predicted molar refractivity (Wildman–Crippen MR) is 206 cm³/mol. The van der Waals surface area contributed by atoms with Gasteiger partial charge in [-0.05, 0) is 75.8 Å². The first kappa shape index (κ1) is 29.8. The van der Waals surface area contributed by atoms with Gasteiger partial charge in [0.15, 0.2) is 5.82 Å². The summed E-state index contributed by atoms with van der Waals surface area (Å²) >= 11 is 0. The van der Waals surface area contributed by atoms with E-state index in [1.165, 1.54) is 27.8 Å². The van der Waals surface area contributed by atoms with Crippen molar-refractivity contribution in [2.75, 3.05) is 0 Å². The quantitative estimate of drug-likeness (QED) is 0.188. The van der Waals surface area contributed by atoms with E-state index >= 15 is 0 Å². The Kier molecular flexibility index (Phi) is 6.74. The Morgan fingerprint density at radius 3 is 1.58 bits per heavy atom. The summed E-state index contributed by atoms with van der Waals surface area (Å²) in [7, 11) is 0. The van der Waals surface area contributed by atoms with Crippen LogP contribution in [-0.2, 0) is 5.41 Å². The molecule has 0 atom stereocenters. The number of fused-ring (bicyclic) bond motifs is 9. The minimum Gasteiger partial charge on any atom is -0.457 e. The van der Waals surface area contributed by atoms with Gasteiger partial charge in [0, 0.05) is 27.8 Å². The molecule has 2 aliphatic rings.